The molecule has 1 aliphatic rings. The van der Waals surface area contributed by atoms with Crippen LogP contribution in [0.3, 0.4) is 0 Å². The van der Waals surface area contributed by atoms with Crippen LogP contribution in [0.5, 0.6) is 0 Å². The van der Waals surface area contributed by atoms with Crippen LogP contribution in [0.2, 0.25) is 0 Å². The third-order valence-corrected chi connectivity index (χ3v) is 4.32. The number of hydrogen-bond acceptors (Lipinski definition) is 2. The largest absolute Gasteiger partial charge is 0.344 e. The number of nitrogens with zero attached hydrogens (tertiary/aromatic N) is 1. The van der Waals surface area contributed by atoms with E-state index in [9.17, 15) is 9.59 Å². The highest BCUT2D eigenvalue weighted by Gasteiger charge is 2.40. The van der Waals surface area contributed by atoms with Crippen LogP contribution in [0.4, 0.5) is 0 Å². The average Bonchev–Trinajstić information content (AvgIpc) is 2.45. The SMILES string of the molecule is CCC(C)C1NC(=O)CCN(C(C)(C)CC(C)(C)C)C1=O. The Bertz CT molecular complexity index is 396. The van der Waals surface area contributed by atoms with E-state index in [0.717, 1.165) is 12.8 Å². The summed E-state index contributed by atoms with van der Waals surface area (Å²) >= 11 is 0. The van der Waals surface area contributed by atoms with E-state index >= 15 is 0 Å². The van der Waals surface area contributed by atoms with Gasteiger partial charge in [0.05, 0.1) is 0 Å². The van der Waals surface area contributed by atoms with Gasteiger partial charge in [-0.25, -0.2) is 0 Å². The van der Waals surface area contributed by atoms with Crippen LogP contribution in [0.25, 0.3) is 0 Å². The average molecular weight is 296 g/mol. The summed E-state index contributed by atoms with van der Waals surface area (Å²) in [6, 6.07) is -0.385. The Balaban J connectivity index is 3.04. The van der Waals surface area contributed by atoms with Gasteiger partial charge in [0.25, 0.3) is 0 Å². The first-order valence-corrected chi connectivity index (χ1v) is 8.09. The van der Waals surface area contributed by atoms with Crippen molar-refractivity contribution in [3.05, 3.63) is 0 Å². The van der Waals surface area contributed by atoms with Crippen molar-refractivity contribution in [2.75, 3.05) is 6.54 Å². The molecule has 1 saturated heterocycles. The molecule has 2 amide bonds. The van der Waals surface area contributed by atoms with Gasteiger partial charge in [-0.15, -0.1) is 0 Å². The molecule has 4 heteroatoms. The molecule has 1 fully saturated rings. The van der Waals surface area contributed by atoms with E-state index in [1.807, 2.05) is 11.8 Å². The Labute approximate surface area is 129 Å². The minimum Gasteiger partial charge on any atom is -0.344 e. The minimum atomic E-state index is -0.385. The highest BCUT2D eigenvalue weighted by Crippen LogP contribution is 2.33. The van der Waals surface area contributed by atoms with Gasteiger partial charge in [0, 0.05) is 18.5 Å². The van der Waals surface area contributed by atoms with E-state index in [0.29, 0.717) is 13.0 Å². The number of hydrogen-bond donors (Lipinski definition) is 1. The fourth-order valence-electron chi connectivity index (χ4n) is 3.41. The van der Waals surface area contributed by atoms with Crippen molar-refractivity contribution < 1.29 is 9.59 Å². The van der Waals surface area contributed by atoms with E-state index in [1.165, 1.54) is 0 Å². The van der Waals surface area contributed by atoms with Gasteiger partial charge >= 0.3 is 0 Å². The maximum Gasteiger partial charge on any atom is 0.245 e. The quantitative estimate of drug-likeness (QED) is 0.867. The van der Waals surface area contributed by atoms with Crippen LogP contribution in [-0.4, -0.2) is 34.8 Å². The molecule has 2 unspecified atom stereocenters. The molecule has 0 aromatic carbocycles. The van der Waals surface area contributed by atoms with Crippen LogP contribution in [0.15, 0.2) is 0 Å². The highest BCUT2D eigenvalue weighted by molar-refractivity contribution is 5.90. The summed E-state index contributed by atoms with van der Waals surface area (Å²) in [6.45, 7) is 15.4. The van der Waals surface area contributed by atoms with Crippen molar-refractivity contribution >= 4 is 11.8 Å². The monoisotopic (exact) mass is 296 g/mol. The molecule has 0 aliphatic carbocycles. The second-order valence-electron chi connectivity index (χ2n) is 8.22. The smallest absolute Gasteiger partial charge is 0.245 e. The maximum absolute atomic E-state index is 12.9. The zero-order valence-corrected chi connectivity index (χ0v) is 14.7. The Morgan fingerprint density at radius 1 is 1.24 bits per heavy atom. The van der Waals surface area contributed by atoms with Crippen molar-refractivity contribution in [1.29, 1.82) is 0 Å². The molecule has 0 radical (unpaired) electrons. The summed E-state index contributed by atoms with van der Waals surface area (Å²) in [4.78, 5) is 26.8. The third kappa shape index (κ3) is 4.72. The predicted octanol–water partition coefficient (Wildman–Crippen LogP) is 2.96. The van der Waals surface area contributed by atoms with Crippen LogP contribution in [0.1, 0.15) is 67.7 Å². The Morgan fingerprint density at radius 3 is 2.29 bits per heavy atom. The van der Waals surface area contributed by atoms with E-state index in [4.69, 9.17) is 0 Å². The molecule has 1 aliphatic heterocycles. The lowest BCUT2D eigenvalue weighted by Gasteiger charge is -2.43. The molecule has 2 atom stereocenters. The molecule has 1 heterocycles. The summed E-state index contributed by atoms with van der Waals surface area (Å²) in [5.41, 5.74) is -0.104. The Morgan fingerprint density at radius 2 is 1.81 bits per heavy atom. The molecule has 0 aromatic heterocycles. The lowest BCUT2D eigenvalue weighted by atomic mass is 9.80. The lowest BCUT2D eigenvalue weighted by Crippen LogP contribution is -2.55. The van der Waals surface area contributed by atoms with Gasteiger partial charge in [-0.3, -0.25) is 9.59 Å². The van der Waals surface area contributed by atoms with Gasteiger partial charge < -0.3 is 10.2 Å². The predicted molar refractivity (Wildman–Crippen MR) is 85.9 cm³/mol. The van der Waals surface area contributed by atoms with Crippen LogP contribution in [0, 0.1) is 11.3 Å². The topological polar surface area (TPSA) is 49.4 Å². The molecule has 1 N–H and O–H groups in total. The van der Waals surface area contributed by atoms with Gasteiger partial charge in [0.2, 0.25) is 11.8 Å². The normalized spacial score (nSPS) is 22.8. The van der Waals surface area contributed by atoms with Crippen molar-refractivity contribution in [3.8, 4) is 0 Å². The van der Waals surface area contributed by atoms with Gasteiger partial charge in [0.15, 0.2) is 0 Å². The lowest BCUT2D eigenvalue weighted by molar-refractivity contribution is -0.140. The number of amides is 2. The summed E-state index contributed by atoms with van der Waals surface area (Å²) in [5, 5.41) is 2.91. The van der Waals surface area contributed by atoms with E-state index in [1.54, 1.807) is 0 Å². The van der Waals surface area contributed by atoms with Gasteiger partial charge in [-0.1, -0.05) is 41.0 Å². The van der Waals surface area contributed by atoms with Crippen LogP contribution >= 0.6 is 0 Å². The van der Waals surface area contributed by atoms with Crippen molar-refractivity contribution in [3.63, 3.8) is 0 Å². The zero-order valence-electron chi connectivity index (χ0n) is 14.7. The molecule has 122 valence electrons. The standard InChI is InChI=1S/C17H32N2O2/c1-8-12(2)14-15(21)19(10-9-13(20)18-14)17(6,7)11-16(3,4)5/h12,14H,8-11H2,1-7H3,(H,18,20). The van der Waals surface area contributed by atoms with E-state index in [2.05, 4.69) is 46.9 Å². The van der Waals surface area contributed by atoms with Crippen LogP contribution < -0.4 is 5.32 Å². The highest BCUT2D eigenvalue weighted by atomic mass is 16.2. The molecule has 0 spiro atoms. The van der Waals surface area contributed by atoms with Gasteiger partial charge in [0.1, 0.15) is 6.04 Å². The molecule has 0 bridgehead atoms. The Hall–Kier alpha value is -1.06. The van der Waals surface area contributed by atoms with E-state index in [-0.39, 0.29) is 34.7 Å². The number of carbonyl (C=O) groups is 2. The molecule has 0 aromatic rings. The van der Waals surface area contributed by atoms with Gasteiger partial charge in [-0.2, -0.15) is 0 Å². The first-order valence-electron chi connectivity index (χ1n) is 8.09. The molecule has 0 saturated carbocycles. The zero-order chi connectivity index (χ0) is 16.4. The molecule has 21 heavy (non-hydrogen) atoms. The minimum absolute atomic E-state index is 0.0114. The number of nitrogens with one attached hydrogen (secondary N) is 1. The first-order chi connectivity index (χ1) is 9.48. The summed E-state index contributed by atoms with van der Waals surface area (Å²) in [7, 11) is 0. The Kier molecular flexibility index (Phi) is 5.46. The van der Waals surface area contributed by atoms with E-state index < -0.39 is 0 Å². The fourth-order valence-corrected chi connectivity index (χ4v) is 3.41. The fraction of sp³-hybridized carbons (Fsp3) is 0.882. The summed E-state index contributed by atoms with van der Waals surface area (Å²) in [5.74, 6) is 0.222. The molecular formula is C17H32N2O2. The van der Waals surface area contributed by atoms with Crippen molar-refractivity contribution in [2.45, 2.75) is 79.3 Å². The second kappa shape index (κ2) is 6.37. The molecular weight excluding hydrogens is 264 g/mol. The maximum atomic E-state index is 12.9. The van der Waals surface area contributed by atoms with Crippen LogP contribution in [-0.2, 0) is 9.59 Å². The van der Waals surface area contributed by atoms with Crippen molar-refractivity contribution in [1.82, 2.24) is 10.2 Å². The summed E-state index contributed by atoms with van der Waals surface area (Å²) < 4.78 is 0. The summed E-state index contributed by atoms with van der Waals surface area (Å²) in [6.07, 6.45) is 2.18. The number of carbonyl (C=O) groups excluding carboxylic acids is 2. The second-order valence-corrected chi connectivity index (χ2v) is 8.22. The van der Waals surface area contributed by atoms with Crippen molar-refractivity contribution in [2.24, 2.45) is 11.3 Å². The molecule has 4 nitrogen and oxygen atoms in total. The number of rotatable bonds is 4. The third-order valence-electron chi connectivity index (χ3n) is 4.32. The molecule has 1 rings (SSSR count). The van der Waals surface area contributed by atoms with Gasteiger partial charge in [-0.05, 0) is 31.6 Å². The first kappa shape index (κ1) is 18.0.